The molecule has 1 fully saturated rings. The van der Waals surface area contributed by atoms with Gasteiger partial charge in [0.25, 0.3) is 0 Å². The molecule has 1 N–H and O–H groups in total. The van der Waals surface area contributed by atoms with Crippen molar-refractivity contribution < 1.29 is 4.74 Å². The summed E-state index contributed by atoms with van der Waals surface area (Å²) in [7, 11) is 0. The molecule has 114 valence electrons. The minimum Gasteiger partial charge on any atom is -0.379 e. The minimum atomic E-state index is 0.336. The standard InChI is InChI=1S/C16H22BrN3O/c1-3-7-20-15-6-5-11(17)8-13(15)19-16(20)12-9-21-10-14(12)18-4-2/h5-6,8,12,14,18H,3-4,7,9-10H2,1-2H3. The maximum Gasteiger partial charge on any atom is 0.116 e. The van der Waals surface area contributed by atoms with Crippen LogP contribution in [0.1, 0.15) is 32.0 Å². The van der Waals surface area contributed by atoms with Gasteiger partial charge in [0.2, 0.25) is 0 Å². The quantitative estimate of drug-likeness (QED) is 0.898. The maximum atomic E-state index is 5.70. The van der Waals surface area contributed by atoms with E-state index in [0.29, 0.717) is 12.0 Å². The Morgan fingerprint density at radius 1 is 1.38 bits per heavy atom. The molecule has 5 heteroatoms. The Balaban J connectivity index is 2.05. The zero-order valence-electron chi connectivity index (χ0n) is 12.6. The molecule has 1 aromatic heterocycles. The lowest BCUT2D eigenvalue weighted by molar-refractivity contribution is 0.187. The summed E-state index contributed by atoms with van der Waals surface area (Å²) in [6.07, 6.45) is 1.11. The number of ether oxygens (including phenoxy) is 1. The number of hydrogen-bond donors (Lipinski definition) is 1. The highest BCUT2D eigenvalue weighted by Gasteiger charge is 2.32. The Kier molecular flexibility index (Phi) is 4.62. The highest BCUT2D eigenvalue weighted by molar-refractivity contribution is 9.10. The summed E-state index contributed by atoms with van der Waals surface area (Å²) in [6, 6.07) is 6.71. The third kappa shape index (κ3) is 2.87. The van der Waals surface area contributed by atoms with Gasteiger partial charge in [-0.25, -0.2) is 4.98 Å². The third-order valence-corrected chi connectivity index (χ3v) is 4.56. The second-order valence-electron chi connectivity index (χ2n) is 5.56. The minimum absolute atomic E-state index is 0.336. The zero-order chi connectivity index (χ0) is 14.8. The lowest BCUT2D eigenvalue weighted by Gasteiger charge is -2.19. The lowest BCUT2D eigenvalue weighted by atomic mass is 10.0. The molecule has 0 bridgehead atoms. The summed E-state index contributed by atoms with van der Waals surface area (Å²) in [6.45, 7) is 7.85. The number of imidazole rings is 1. The van der Waals surface area contributed by atoms with Gasteiger partial charge in [-0.1, -0.05) is 29.8 Å². The Morgan fingerprint density at radius 3 is 3.00 bits per heavy atom. The van der Waals surface area contributed by atoms with Crippen molar-refractivity contribution in [1.29, 1.82) is 0 Å². The van der Waals surface area contributed by atoms with Gasteiger partial charge in [-0.3, -0.25) is 0 Å². The third-order valence-electron chi connectivity index (χ3n) is 4.07. The average molecular weight is 352 g/mol. The van der Waals surface area contributed by atoms with Crippen molar-refractivity contribution in [3.05, 3.63) is 28.5 Å². The van der Waals surface area contributed by atoms with Crippen LogP contribution in [0.15, 0.2) is 22.7 Å². The molecular formula is C16H22BrN3O. The summed E-state index contributed by atoms with van der Waals surface area (Å²) >= 11 is 3.54. The first-order valence-electron chi connectivity index (χ1n) is 7.71. The van der Waals surface area contributed by atoms with Gasteiger partial charge in [-0.05, 0) is 31.2 Å². The normalized spacial score (nSPS) is 22.2. The summed E-state index contributed by atoms with van der Waals surface area (Å²) in [5, 5.41) is 3.53. The van der Waals surface area contributed by atoms with Gasteiger partial charge in [-0.2, -0.15) is 0 Å². The predicted molar refractivity (Wildman–Crippen MR) is 88.7 cm³/mol. The monoisotopic (exact) mass is 351 g/mol. The number of fused-ring (bicyclic) bond motifs is 1. The van der Waals surface area contributed by atoms with Gasteiger partial charge in [0.1, 0.15) is 5.82 Å². The van der Waals surface area contributed by atoms with Crippen molar-refractivity contribution in [3.63, 3.8) is 0 Å². The number of likely N-dealkylation sites (N-methyl/N-ethyl adjacent to an activating group) is 1. The molecule has 2 atom stereocenters. The van der Waals surface area contributed by atoms with E-state index in [1.54, 1.807) is 0 Å². The number of nitrogens with one attached hydrogen (secondary N) is 1. The van der Waals surface area contributed by atoms with Crippen molar-refractivity contribution in [2.24, 2.45) is 0 Å². The molecule has 21 heavy (non-hydrogen) atoms. The van der Waals surface area contributed by atoms with Crippen LogP contribution in [0.5, 0.6) is 0 Å². The second-order valence-corrected chi connectivity index (χ2v) is 6.48. The molecule has 3 rings (SSSR count). The lowest BCUT2D eigenvalue weighted by Crippen LogP contribution is -2.35. The Hall–Kier alpha value is -0.910. The van der Waals surface area contributed by atoms with E-state index < -0.39 is 0 Å². The van der Waals surface area contributed by atoms with E-state index in [2.05, 4.69) is 57.9 Å². The highest BCUT2D eigenvalue weighted by atomic mass is 79.9. The fourth-order valence-electron chi connectivity index (χ4n) is 3.14. The number of nitrogens with zero attached hydrogens (tertiary/aromatic N) is 2. The largest absolute Gasteiger partial charge is 0.379 e. The zero-order valence-corrected chi connectivity index (χ0v) is 14.2. The Morgan fingerprint density at radius 2 is 2.24 bits per heavy atom. The molecule has 0 aliphatic carbocycles. The maximum absolute atomic E-state index is 5.70. The van der Waals surface area contributed by atoms with Crippen molar-refractivity contribution in [2.45, 2.75) is 38.8 Å². The van der Waals surface area contributed by atoms with Gasteiger partial charge in [-0.15, -0.1) is 0 Å². The smallest absolute Gasteiger partial charge is 0.116 e. The van der Waals surface area contributed by atoms with Crippen LogP contribution in [-0.4, -0.2) is 35.4 Å². The van der Waals surface area contributed by atoms with E-state index in [-0.39, 0.29) is 0 Å². The van der Waals surface area contributed by atoms with Crippen LogP contribution in [0, 0.1) is 0 Å². The highest BCUT2D eigenvalue weighted by Crippen LogP contribution is 2.30. The molecule has 1 aromatic carbocycles. The first-order valence-corrected chi connectivity index (χ1v) is 8.50. The molecular weight excluding hydrogens is 330 g/mol. The van der Waals surface area contributed by atoms with Crippen LogP contribution in [0.2, 0.25) is 0 Å². The Bertz CT molecular complexity index is 625. The van der Waals surface area contributed by atoms with Crippen molar-refractivity contribution in [3.8, 4) is 0 Å². The van der Waals surface area contributed by atoms with E-state index in [1.165, 1.54) is 5.52 Å². The van der Waals surface area contributed by atoms with Crippen molar-refractivity contribution >= 4 is 27.0 Å². The molecule has 0 amide bonds. The number of aromatic nitrogens is 2. The van der Waals surface area contributed by atoms with E-state index in [0.717, 1.165) is 48.5 Å². The molecule has 1 saturated heterocycles. The van der Waals surface area contributed by atoms with Crippen LogP contribution in [0.25, 0.3) is 11.0 Å². The molecule has 0 radical (unpaired) electrons. The molecule has 0 saturated carbocycles. The number of aryl methyl sites for hydroxylation is 1. The summed E-state index contributed by atoms with van der Waals surface area (Å²) < 4.78 is 9.15. The number of hydrogen-bond acceptors (Lipinski definition) is 3. The van der Waals surface area contributed by atoms with Crippen LogP contribution in [-0.2, 0) is 11.3 Å². The van der Waals surface area contributed by atoms with Gasteiger partial charge in [0, 0.05) is 17.1 Å². The molecule has 1 aliphatic heterocycles. The van der Waals surface area contributed by atoms with E-state index in [4.69, 9.17) is 9.72 Å². The SMILES string of the molecule is CCCn1c(C2COCC2NCC)nc2cc(Br)ccc21. The molecule has 2 aromatic rings. The van der Waals surface area contributed by atoms with Crippen molar-refractivity contribution in [2.75, 3.05) is 19.8 Å². The topological polar surface area (TPSA) is 39.1 Å². The van der Waals surface area contributed by atoms with Crippen LogP contribution in [0.4, 0.5) is 0 Å². The first-order chi connectivity index (χ1) is 10.2. The fraction of sp³-hybridized carbons (Fsp3) is 0.562. The van der Waals surface area contributed by atoms with Crippen LogP contribution in [0.3, 0.4) is 0 Å². The second kappa shape index (κ2) is 6.46. The van der Waals surface area contributed by atoms with E-state index in [1.807, 2.05) is 0 Å². The fourth-order valence-corrected chi connectivity index (χ4v) is 3.48. The molecule has 2 unspecified atom stereocenters. The predicted octanol–water partition coefficient (Wildman–Crippen LogP) is 3.30. The number of rotatable bonds is 5. The van der Waals surface area contributed by atoms with Gasteiger partial charge in [0.05, 0.1) is 30.2 Å². The van der Waals surface area contributed by atoms with Crippen molar-refractivity contribution in [1.82, 2.24) is 14.9 Å². The Labute approximate surface area is 134 Å². The van der Waals surface area contributed by atoms with Crippen LogP contribution >= 0.6 is 15.9 Å². The summed E-state index contributed by atoms with van der Waals surface area (Å²) in [5.41, 5.74) is 2.28. The first kappa shape index (κ1) is 15.0. The number of halogens is 1. The summed E-state index contributed by atoms with van der Waals surface area (Å²) in [5.74, 6) is 1.50. The summed E-state index contributed by atoms with van der Waals surface area (Å²) in [4.78, 5) is 4.92. The van der Waals surface area contributed by atoms with Gasteiger partial charge < -0.3 is 14.6 Å². The number of benzene rings is 1. The molecule has 1 aliphatic rings. The van der Waals surface area contributed by atoms with E-state index in [9.17, 15) is 0 Å². The van der Waals surface area contributed by atoms with Crippen LogP contribution < -0.4 is 5.32 Å². The average Bonchev–Trinajstić information content (AvgIpc) is 3.04. The van der Waals surface area contributed by atoms with Gasteiger partial charge in [0.15, 0.2) is 0 Å². The molecule has 2 heterocycles. The molecule has 4 nitrogen and oxygen atoms in total. The van der Waals surface area contributed by atoms with Gasteiger partial charge >= 0.3 is 0 Å². The molecule has 0 spiro atoms. The van der Waals surface area contributed by atoms with E-state index >= 15 is 0 Å².